The first-order chi connectivity index (χ1) is 13.9. The molecule has 1 aliphatic carbocycles. The lowest BCUT2D eigenvalue weighted by atomic mass is 10.1. The Morgan fingerprint density at radius 2 is 1.57 bits per heavy atom. The van der Waals surface area contributed by atoms with Gasteiger partial charge in [0.05, 0.1) is 10.4 Å². The van der Waals surface area contributed by atoms with E-state index in [2.05, 4.69) is 5.32 Å². The fourth-order valence-electron chi connectivity index (χ4n) is 3.71. The molecule has 1 aliphatic rings. The number of ether oxygens (including phenoxy) is 1. The van der Waals surface area contributed by atoms with Crippen molar-refractivity contribution in [3.63, 3.8) is 0 Å². The Balaban J connectivity index is 2.03. The molecular weight excluding hydrogens is 447 g/mol. The molecule has 1 amide bonds. The molecule has 0 aromatic heterocycles. The summed E-state index contributed by atoms with van der Waals surface area (Å²) in [6.07, 6.45) is -0.722. The van der Waals surface area contributed by atoms with Gasteiger partial charge in [-0.2, -0.15) is 0 Å². The second kappa shape index (κ2) is 8.04. The first-order valence-electron chi connectivity index (χ1n) is 9.37. The number of sulfone groups is 1. The zero-order valence-electron chi connectivity index (χ0n) is 16.9. The topological polar surface area (TPSA) is 98.5 Å². The number of nitrogens with two attached hydrogens (primary N) is 1. The van der Waals surface area contributed by atoms with Gasteiger partial charge in [0.15, 0.2) is 9.84 Å². The predicted molar refractivity (Wildman–Crippen MR) is 118 cm³/mol. The number of alkyl carbamates (subject to hydrolysis) is 1. The van der Waals surface area contributed by atoms with E-state index in [4.69, 9.17) is 33.7 Å². The number of benzene rings is 2. The molecule has 0 aliphatic heterocycles. The van der Waals surface area contributed by atoms with Gasteiger partial charge in [0.25, 0.3) is 0 Å². The molecule has 6 nitrogen and oxygen atoms in total. The van der Waals surface area contributed by atoms with Crippen molar-refractivity contribution in [1.29, 1.82) is 0 Å². The van der Waals surface area contributed by atoms with Crippen molar-refractivity contribution in [2.24, 2.45) is 5.73 Å². The third kappa shape index (κ3) is 4.44. The van der Waals surface area contributed by atoms with Crippen molar-refractivity contribution in [3.05, 3.63) is 64.1 Å². The Labute approximate surface area is 186 Å². The molecule has 1 fully saturated rings. The normalized spacial score (nSPS) is 23.7. The van der Waals surface area contributed by atoms with Gasteiger partial charge < -0.3 is 15.8 Å². The largest absolute Gasteiger partial charge is 0.444 e. The summed E-state index contributed by atoms with van der Waals surface area (Å²) >= 11 is 11.9. The van der Waals surface area contributed by atoms with E-state index in [1.54, 1.807) is 45.0 Å². The van der Waals surface area contributed by atoms with E-state index in [-0.39, 0.29) is 11.4 Å². The second-order valence-electron chi connectivity index (χ2n) is 8.32. The molecule has 0 bridgehead atoms. The van der Waals surface area contributed by atoms with Crippen LogP contribution in [0, 0.1) is 0 Å². The van der Waals surface area contributed by atoms with Crippen LogP contribution in [0.25, 0.3) is 0 Å². The number of hydrogen-bond acceptors (Lipinski definition) is 5. The van der Waals surface area contributed by atoms with Crippen LogP contribution in [-0.4, -0.2) is 37.4 Å². The lowest BCUT2D eigenvalue weighted by molar-refractivity contribution is 0.0497. The summed E-state index contributed by atoms with van der Waals surface area (Å²) in [4.78, 5) is 12.6. The van der Waals surface area contributed by atoms with Gasteiger partial charge in [0.1, 0.15) is 10.9 Å². The molecule has 0 heterocycles. The fourth-order valence-corrected chi connectivity index (χ4v) is 6.31. The number of amides is 1. The van der Waals surface area contributed by atoms with Gasteiger partial charge in [-0.15, -0.1) is 0 Å². The molecule has 1 saturated carbocycles. The molecule has 162 valence electrons. The molecule has 0 saturated heterocycles. The highest BCUT2D eigenvalue weighted by molar-refractivity contribution is 7.92. The third-order valence-corrected chi connectivity index (χ3v) is 7.83. The first kappa shape index (κ1) is 22.9. The lowest BCUT2D eigenvalue weighted by Gasteiger charge is -2.24. The molecule has 30 heavy (non-hydrogen) atoms. The summed E-state index contributed by atoms with van der Waals surface area (Å²) in [5.41, 5.74) is 4.80. The SMILES string of the molecule is CC(C)(C)OC(=O)N[C@@]1(CN)[C@H](S(=O)(=O)c2ccc(Cl)cc2)[C@@H]1c1ccc(Cl)cc1. The highest BCUT2D eigenvalue weighted by atomic mass is 35.5. The van der Waals surface area contributed by atoms with Crippen molar-refractivity contribution in [1.82, 2.24) is 5.32 Å². The number of hydrogen-bond donors (Lipinski definition) is 2. The van der Waals surface area contributed by atoms with Crippen LogP contribution in [0.15, 0.2) is 53.4 Å². The number of nitrogens with one attached hydrogen (secondary N) is 1. The predicted octanol–water partition coefficient (Wildman–Crippen LogP) is 4.16. The smallest absolute Gasteiger partial charge is 0.408 e. The van der Waals surface area contributed by atoms with Gasteiger partial charge in [-0.1, -0.05) is 35.3 Å². The minimum absolute atomic E-state index is 0.0863. The van der Waals surface area contributed by atoms with Crippen LogP contribution in [-0.2, 0) is 14.6 Å². The van der Waals surface area contributed by atoms with Crippen LogP contribution in [0.4, 0.5) is 4.79 Å². The number of carbonyl (C=O) groups is 1. The van der Waals surface area contributed by atoms with Gasteiger partial charge >= 0.3 is 6.09 Å². The van der Waals surface area contributed by atoms with Gasteiger partial charge in [0, 0.05) is 22.5 Å². The molecule has 0 unspecified atom stereocenters. The number of carbonyl (C=O) groups excluding carboxylic acids is 1. The molecule has 2 aromatic carbocycles. The average molecular weight is 471 g/mol. The van der Waals surface area contributed by atoms with E-state index in [0.29, 0.717) is 15.6 Å². The lowest BCUT2D eigenvalue weighted by Crippen LogP contribution is -2.49. The van der Waals surface area contributed by atoms with E-state index >= 15 is 0 Å². The summed E-state index contributed by atoms with van der Waals surface area (Å²) in [7, 11) is -3.84. The Morgan fingerprint density at radius 1 is 1.07 bits per heavy atom. The van der Waals surface area contributed by atoms with Crippen molar-refractivity contribution < 1.29 is 17.9 Å². The second-order valence-corrected chi connectivity index (χ2v) is 11.3. The molecule has 3 rings (SSSR count). The summed E-state index contributed by atoms with van der Waals surface area (Å²) in [5, 5.41) is 2.73. The van der Waals surface area contributed by atoms with Crippen LogP contribution < -0.4 is 11.1 Å². The van der Waals surface area contributed by atoms with E-state index < -0.39 is 38.2 Å². The van der Waals surface area contributed by atoms with Gasteiger partial charge in [-0.05, 0) is 62.7 Å². The highest BCUT2D eigenvalue weighted by Gasteiger charge is 2.71. The minimum atomic E-state index is -3.84. The van der Waals surface area contributed by atoms with Crippen LogP contribution >= 0.6 is 23.2 Å². The van der Waals surface area contributed by atoms with Crippen LogP contribution in [0.3, 0.4) is 0 Å². The van der Waals surface area contributed by atoms with Crippen molar-refractivity contribution in [3.8, 4) is 0 Å². The molecule has 0 spiro atoms. The van der Waals surface area contributed by atoms with E-state index in [1.165, 1.54) is 24.3 Å². The zero-order chi connectivity index (χ0) is 22.3. The molecular formula is C21H24Cl2N2O4S. The molecule has 9 heteroatoms. The van der Waals surface area contributed by atoms with Crippen LogP contribution in [0.1, 0.15) is 32.3 Å². The average Bonchev–Trinajstić information content (AvgIpc) is 3.30. The van der Waals surface area contributed by atoms with Gasteiger partial charge in [-0.3, -0.25) is 0 Å². The summed E-state index contributed by atoms with van der Waals surface area (Å²) in [6, 6.07) is 12.8. The number of halogens is 2. The van der Waals surface area contributed by atoms with Crippen LogP contribution in [0.2, 0.25) is 10.0 Å². The van der Waals surface area contributed by atoms with Crippen molar-refractivity contribution in [2.75, 3.05) is 6.54 Å². The Kier molecular flexibility index (Phi) is 6.13. The Bertz CT molecular complexity index is 1030. The third-order valence-electron chi connectivity index (χ3n) is 5.03. The standard InChI is InChI=1S/C21H24Cl2N2O4S/c1-20(2,3)29-19(26)25-21(12-24)17(13-4-6-14(22)7-5-13)18(21)30(27,28)16-10-8-15(23)9-11-16/h4-11,17-18H,12,24H2,1-3H3,(H,25,26)/t17-,18+,21+/m0/s1. The fraction of sp³-hybridized carbons (Fsp3) is 0.381. The highest BCUT2D eigenvalue weighted by Crippen LogP contribution is 2.57. The molecule has 0 radical (unpaired) electrons. The minimum Gasteiger partial charge on any atom is -0.444 e. The number of rotatable bonds is 5. The summed E-state index contributed by atoms with van der Waals surface area (Å²) < 4.78 is 32.3. The quantitative estimate of drug-likeness (QED) is 0.683. The Morgan fingerprint density at radius 3 is 2.03 bits per heavy atom. The van der Waals surface area contributed by atoms with Crippen molar-refractivity contribution >= 4 is 39.1 Å². The maximum atomic E-state index is 13.5. The zero-order valence-corrected chi connectivity index (χ0v) is 19.2. The van der Waals surface area contributed by atoms with E-state index in [9.17, 15) is 13.2 Å². The van der Waals surface area contributed by atoms with Crippen molar-refractivity contribution in [2.45, 2.75) is 48.0 Å². The van der Waals surface area contributed by atoms with Gasteiger partial charge in [-0.25, -0.2) is 13.2 Å². The van der Waals surface area contributed by atoms with Crippen LogP contribution in [0.5, 0.6) is 0 Å². The van der Waals surface area contributed by atoms with E-state index in [1.807, 2.05) is 0 Å². The molecule has 3 N–H and O–H groups in total. The summed E-state index contributed by atoms with van der Waals surface area (Å²) in [6.45, 7) is 5.10. The maximum Gasteiger partial charge on any atom is 0.408 e. The maximum absolute atomic E-state index is 13.5. The monoisotopic (exact) mass is 470 g/mol. The molecule has 3 atom stereocenters. The Hall–Kier alpha value is -1.80. The van der Waals surface area contributed by atoms with Gasteiger partial charge in [0.2, 0.25) is 0 Å². The van der Waals surface area contributed by atoms with E-state index in [0.717, 1.165) is 0 Å². The summed E-state index contributed by atoms with van der Waals surface area (Å²) in [5.74, 6) is -0.562. The first-order valence-corrected chi connectivity index (χ1v) is 11.7. The molecule has 2 aromatic rings.